The zero-order valence-electron chi connectivity index (χ0n) is 11.7. The Balaban J connectivity index is 1.61. The first-order chi connectivity index (χ1) is 8.31. The van der Waals surface area contributed by atoms with Crippen LogP contribution in [0.5, 0.6) is 0 Å². The van der Waals surface area contributed by atoms with Gasteiger partial charge in [-0.05, 0) is 56.3 Å². The normalized spacial score (nSPS) is 37.9. The van der Waals surface area contributed by atoms with Gasteiger partial charge < -0.3 is 0 Å². The quantitative estimate of drug-likeness (QED) is 0.694. The third-order valence-corrected chi connectivity index (χ3v) is 5.80. The smallest absolute Gasteiger partial charge is 0.0102 e. The predicted molar refractivity (Wildman–Crippen MR) is 73.0 cm³/mol. The molecule has 2 aliphatic heterocycles. The molecule has 0 aromatic carbocycles. The highest BCUT2D eigenvalue weighted by Gasteiger charge is 2.43. The highest BCUT2D eigenvalue weighted by atomic mass is 15.2. The van der Waals surface area contributed by atoms with E-state index in [0.29, 0.717) is 0 Å². The number of fused-ring (bicyclic) bond motifs is 2. The number of hydrogen-bond donors (Lipinski definition) is 0. The Kier molecular flexibility index (Phi) is 3.47. The predicted octanol–water partition coefficient (Wildman–Crippen LogP) is 4.08. The molecule has 1 heteroatoms. The molecular formula is C16H29N. The van der Waals surface area contributed by atoms with Crippen LogP contribution in [0, 0.1) is 17.8 Å². The van der Waals surface area contributed by atoms with Gasteiger partial charge in [0.25, 0.3) is 0 Å². The zero-order chi connectivity index (χ0) is 11.8. The van der Waals surface area contributed by atoms with Crippen molar-refractivity contribution >= 4 is 0 Å². The zero-order valence-corrected chi connectivity index (χ0v) is 11.7. The molecule has 0 aromatic rings. The fourth-order valence-corrected chi connectivity index (χ4v) is 4.55. The van der Waals surface area contributed by atoms with Gasteiger partial charge in [0.05, 0.1) is 0 Å². The number of rotatable bonds is 5. The maximum atomic E-state index is 2.91. The molecule has 0 amide bonds. The lowest BCUT2D eigenvalue weighted by Crippen LogP contribution is -2.45. The van der Waals surface area contributed by atoms with Gasteiger partial charge in [-0.15, -0.1) is 0 Å². The number of hydrogen-bond acceptors (Lipinski definition) is 1. The molecule has 3 aliphatic rings. The molecule has 1 saturated carbocycles. The van der Waals surface area contributed by atoms with Crippen LogP contribution in [0.25, 0.3) is 0 Å². The fraction of sp³-hybridized carbons (Fsp3) is 1.00. The van der Waals surface area contributed by atoms with Gasteiger partial charge >= 0.3 is 0 Å². The van der Waals surface area contributed by atoms with Crippen LogP contribution in [0.1, 0.15) is 65.2 Å². The number of nitrogens with zero attached hydrogens (tertiary/aromatic N) is 1. The molecule has 2 bridgehead atoms. The molecule has 2 atom stereocenters. The summed E-state index contributed by atoms with van der Waals surface area (Å²) in [5, 5.41) is 0. The van der Waals surface area contributed by atoms with Crippen molar-refractivity contribution in [3.05, 3.63) is 0 Å². The van der Waals surface area contributed by atoms with Gasteiger partial charge in [0.1, 0.15) is 0 Å². The molecule has 0 radical (unpaired) electrons. The lowest BCUT2D eigenvalue weighted by Gasteiger charge is -2.41. The van der Waals surface area contributed by atoms with Crippen molar-refractivity contribution in [1.29, 1.82) is 0 Å². The van der Waals surface area contributed by atoms with Crippen LogP contribution < -0.4 is 0 Å². The van der Waals surface area contributed by atoms with Crippen molar-refractivity contribution in [3.8, 4) is 0 Å². The Labute approximate surface area is 107 Å². The van der Waals surface area contributed by atoms with Gasteiger partial charge in [0, 0.05) is 18.6 Å². The molecule has 2 saturated heterocycles. The SMILES string of the molecule is CCC(CC)C1CC2CCC(C1)N2CC1CC1. The van der Waals surface area contributed by atoms with Crippen LogP contribution >= 0.6 is 0 Å². The first-order valence-electron chi connectivity index (χ1n) is 8.07. The van der Waals surface area contributed by atoms with Crippen LogP contribution in [0.4, 0.5) is 0 Å². The lowest BCUT2D eigenvalue weighted by atomic mass is 9.78. The average molecular weight is 235 g/mol. The van der Waals surface area contributed by atoms with Crippen molar-refractivity contribution < 1.29 is 0 Å². The van der Waals surface area contributed by atoms with Gasteiger partial charge in [-0.2, -0.15) is 0 Å². The number of piperidine rings is 1. The molecular weight excluding hydrogens is 206 g/mol. The summed E-state index contributed by atoms with van der Waals surface area (Å²) in [4.78, 5) is 2.91. The fourth-order valence-electron chi connectivity index (χ4n) is 4.55. The van der Waals surface area contributed by atoms with E-state index >= 15 is 0 Å². The van der Waals surface area contributed by atoms with Gasteiger partial charge in [-0.1, -0.05) is 26.7 Å². The van der Waals surface area contributed by atoms with Crippen molar-refractivity contribution in [2.75, 3.05) is 6.54 Å². The molecule has 0 N–H and O–H groups in total. The summed E-state index contributed by atoms with van der Waals surface area (Å²) in [6, 6.07) is 1.94. The second kappa shape index (κ2) is 4.91. The second-order valence-corrected chi connectivity index (χ2v) is 6.83. The Morgan fingerprint density at radius 1 is 0.941 bits per heavy atom. The van der Waals surface area contributed by atoms with E-state index < -0.39 is 0 Å². The standard InChI is InChI=1S/C16H29N/c1-3-13(4-2)14-9-15-7-8-16(10-14)17(15)11-12-5-6-12/h12-16H,3-11H2,1-2H3. The van der Waals surface area contributed by atoms with E-state index in [0.717, 1.165) is 29.8 Å². The third-order valence-electron chi connectivity index (χ3n) is 5.80. The van der Waals surface area contributed by atoms with Crippen molar-refractivity contribution in [1.82, 2.24) is 4.90 Å². The Hall–Kier alpha value is -0.0400. The van der Waals surface area contributed by atoms with Gasteiger partial charge in [0.15, 0.2) is 0 Å². The Morgan fingerprint density at radius 2 is 1.53 bits per heavy atom. The van der Waals surface area contributed by atoms with Crippen molar-refractivity contribution in [2.24, 2.45) is 17.8 Å². The molecule has 3 rings (SSSR count). The summed E-state index contributed by atoms with van der Waals surface area (Å²) in [6.07, 6.45) is 11.9. The maximum Gasteiger partial charge on any atom is 0.0102 e. The maximum absolute atomic E-state index is 2.91. The molecule has 2 heterocycles. The molecule has 17 heavy (non-hydrogen) atoms. The minimum absolute atomic E-state index is 0.972. The van der Waals surface area contributed by atoms with Gasteiger partial charge in [0.2, 0.25) is 0 Å². The van der Waals surface area contributed by atoms with E-state index in [4.69, 9.17) is 0 Å². The van der Waals surface area contributed by atoms with Gasteiger partial charge in [-0.3, -0.25) is 4.90 Å². The van der Waals surface area contributed by atoms with E-state index in [1.165, 1.54) is 57.9 Å². The largest absolute Gasteiger partial charge is 0.297 e. The molecule has 3 fully saturated rings. The highest BCUT2D eigenvalue weighted by Crippen LogP contribution is 2.44. The Bertz CT molecular complexity index is 240. The topological polar surface area (TPSA) is 3.24 Å². The molecule has 0 aromatic heterocycles. The van der Waals surface area contributed by atoms with E-state index in [-0.39, 0.29) is 0 Å². The van der Waals surface area contributed by atoms with E-state index in [9.17, 15) is 0 Å². The molecule has 0 spiro atoms. The third kappa shape index (κ3) is 2.41. The van der Waals surface area contributed by atoms with Crippen LogP contribution in [0.3, 0.4) is 0 Å². The minimum atomic E-state index is 0.972. The van der Waals surface area contributed by atoms with E-state index in [2.05, 4.69) is 18.7 Å². The van der Waals surface area contributed by atoms with Crippen molar-refractivity contribution in [3.63, 3.8) is 0 Å². The van der Waals surface area contributed by atoms with Crippen LogP contribution in [-0.4, -0.2) is 23.5 Å². The molecule has 1 aliphatic carbocycles. The van der Waals surface area contributed by atoms with E-state index in [1.807, 2.05) is 0 Å². The minimum Gasteiger partial charge on any atom is -0.297 e. The summed E-state index contributed by atoms with van der Waals surface area (Å²) in [5.74, 6) is 3.15. The van der Waals surface area contributed by atoms with E-state index in [1.54, 1.807) is 0 Å². The first-order valence-corrected chi connectivity index (χ1v) is 8.07. The summed E-state index contributed by atoms with van der Waals surface area (Å²) in [5.41, 5.74) is 0. The van der Waals surface area contributed by atoms with Crippen LogP contribution in [-0.2, 0) is 0 Å². The summed E-state index contributed by atoms with van der Waals surface area (Å²) < 4.78 is 0. The summed E-state index contributed by atoms with van der Waals surface area (Å²) >= 11 is 0. The monoisotopic (exact) mass is 235 g/mol. The molecule has 2 unspecified atom stereocenters. The van der Waals surface area contributed by atoms with Gasteiger partial charge in [-0.25, -0.2) is 0 Å². The molecule has 1 nitrogen and oxygen atoms in total. The highest BCUT2D eigenvalue weighted by molar-refractivity contribution is 4.98. The first kappa shape index (κ1) is 12.0. The lowest BCUT2D eigenvalue weighted by molar-refractivity contribution is 0.0718. The Morgan fingerprint density at radius 3 is 2.00 bits per heavy atom. The van der Waals surface area contributed by atoms with Crippen molar-refractivity contribution in [2.45, 2.75) is 77.3 Å². The van der Waals surface area contributed by atoms with Crippen LogP contribution in [0.2, 0.25) is 0 Å². The summed E-state index contributed by atoms with van der Waals surface area (Å²) in [7, 11) is 0. The van der Waals surface area contributed by atoms with Crippen LogP contribution in [0.15, 0.2) is 0 Å². The summed E-state index contributed by atoms with van der Waals surface area (Å²) in [6.45, 7) is 6.24. The molecule has 98 valence electrons. The second-order valence-electron chi connectivity index (χ2n) is 6.83. The average Bonchev–Trinajstić information content (AvgIpc) is 3.10.